The Hall–Kier alpha value is -0.570. The predicted octanol–water partition coefficient (Wildman–Crippen LogP) is 0.607. The molecule has 0 aliphatic carbocycles. The number of hydrogen-bond donors (Lipinski definition) is 1. The van der Waals surface area contributed by atoms with Crippen LogP contribution in [0.1, 0.15) is 26.7 Å². The highest BCUT2D eigenvalue weighted by Crippen LogP contribution is 2.09. The van der Waals surface area contributed by atoms with Crippen molar-refractivity contribution in [2.24, 2.45) is 0 Å². The second-order valence-electron chi connectivity index (χ2n) is 3.36. The van der Waals surface area contributed by atoms with Crippen LogP contribution in [0.4, 0.5) is 0 Å². The molecule has 0 saturated carbocycles. The summed E-state index contributed by atoms with van der Waals surface area (Å²) in [6.07, 6.45) is 2.27. The Balaban J connectivity index is 2.48. The highest BCUT2D eigenvalue weighted by Gasteiger charge is 2.22. The van der Waals surface area contributed by atoms with E-state index in [1.807, 2.05) is 4.90 Å². The van der Waals surface area contributed by atoms with Crippen molar-refractivity contribution in [2.75, 3.05) is 19.6 Å². The first kappa shape index (κ1) is 9.52. The largest absolute Gasteiger partial charge is 0.337 e. The van der Waals surface area contributed by atoms with Crippen molar-refractivity contribution in [3.8, 4) is 0 Å². The molecule has 1 aliphatic rings. The molecular formula is C9H18N2O. The van der Waals surface area contributed by atoms with Gasteiger partial charge in [0.1, 0.15) is 0 Å². The zero-order chi connectivity index (χ0) is 8.97. The summed E-state index contributed by atoms with van der Waals surface area (Å²) in [4.78, 5) is 13.2. The lowest BCUT2D eigenvalue weighted by molar-refractivity contribution is -0.132. The van der Waals surface area contributed by atoms with E-state index in [0.29, 0.717) is 6.04 Å². The average molecular weight is 170 g/mol. The first-order valence-electron chi connectivity index (χ1n) is 4.73. The summed E-state index contributed by atoms with van der Waals surface area (Å²) >= 11 is 0. The van der Waals surface area contributed by atoms with E-state index in [9.17, 15) is 4.79 Å². The van der Waals surface area contributed by atoms with Gasteiger partial charge in [0, 0.05) is 32.6 Å². The van der Waals surface area contributed by atoms with E-state index in [2.05, 4.69) is 12.2 Å². The van der Waals surface area contributed by atoms with Gasteiger partial charge in [0.25, 0.3) is 0 Å². The first-order valence-corrected chi connectivity index (χ1v) is 4.73. The van der Waals surface area contributed by atoms with Gasteiger partial charge in [-0.1, -0.05) is 13.3 Å². The minimum Gasteiger partial charge on any atom is -0.337 e. The summed E-state index contributed by atoms with van der Waals surface area (Å²) in [5, 5.41) is 3.31. The van der Waals surface area contributed by atoms with Gasteiger partial charge in [0.05, 0.1) is 0 Å². The fraction of sp³-hybridized carbons (Fsp3) is 0.889. The zero-order valence-electron chi connectivity index (χ0n) is 7.97. The maximum Gasteiger partial charge on any atom is 0.219 e. The van der Waals surface area contributed by atoms with E-state index in [0.717, 1.165) is 32.5 Å². The van der Waals surface area contributed by atoms with E-state index >= 15 is 0 Å². The fourth-order valence-corrected chi connectivity index (χ4v) is 1.77. The number of amides is 1. The maximum atomic E-state index is 11.2. The Morgan fingerprint density at radius 1 is 1.67 bits per heavy atom. The molecule has 0 aromatic carbocycles. The molecule has 0 aromatic rings. The smallest absolute Gasteiger partial charge is 0.219 e. The van der Waals surface area contributed by atoms with Crippen LogP contribution in [0.2, 0.25) is 0 Å². The first-order chi connectivity index (χ1) is 5.75. The van der Waals surface area contributed by atoms with Crippen molar-refractivity contribution in [3.05, 3.63) is 0 Å². The Morgan fingerprint density at radius 2 is 2.42 bits per heavy atom. The van der Waals surface area contributed by atoms with Crippen LogP contribution in [0.25, 0.3) is 0 Å². The van der Waals surface area contributed by atoms with Crippen LogP contribution < -0.4 is 5.32 Å². The summed E-state index contributed by atoms with van der Waals surface area (Å²) in [6.45, 7) is 6.61. The molecule has 1 saturated heterocycles. The molecule has 0 bridgehead atoms. The van der Waals surface area contributed by atoms with Crippen LogP contribution in [0.5, 0.6) is 0 Å². The number of carbonyl (C=O) groups is 1. The minimum absolute atomic E-state index is 0.218. The summed E-state index contributed by atoms with van der Waals surface area (Å²) in [5.74, 6) is 0.218. The van der Waals surface area contributed by atoms with Crippen molar-refractivity contribution < 1.29 is 4.79 Å². The summed E-state index contributed by atoms with van der Waals surface area (Å²) in [7, 11) is 0. The van der Waals surface area contributed by atoms with Crippen molar-refractivity contribution in [2.45, 2.75) is 32.7 Å². The normalized spacial score (nSPS) is 24.2. The SMILES string of the molecule is CCCC1CNCCN1C(C)=O. The van der Waals surface area contributed by atoms with Crippen LogP contribution in [0, 0.1) is 0 Å². The second-order valence-corrected chi connectivity index (χ2v) is 3.36. The number of piperazine rings is 1. The second kappa shape index (κ2) is 4.45. The lowest BCUT2D eigenvalue weighted by Gasteiger charge is -2.35. The monoisotopic (exact) mass is 170 g/mol. The molecule has 1 atom stereocenters. The molecule has 3 nitrogen and oxygen atoms in total. The van der Waals surface area contributed by atoms with Crippen molar-refractivity contribution in [3.63, 3.8) is 0 Å². The summed E-state index contributed by atoms with van der Waals surface area (Å²) in [6, 6.07) is 0.432. The van der Waals surface area contributed by atoms with Crippen molar-refractivity contribution in [1.82, 2.24) is 10.2 Å². The molecule has 0 spiro atoms. The van der Waals surface area contributed by atoms with Crippen LogP contribution in [0.3, 0.4) is 0 Å². The summed E-state index contributed by atoms with van der Waals surface area (Å²) in [5.41, 5.74) is 0. The van der Waals surface area contributed by atoms with Gasteiger partial charge in [-0.2, -0.15) is 0 Å². The lowest BCUT2D eigenvalue weighted by Crippen LogP contribution is -2.52. The standard InChI is InChI=1S/C9H18N2O/c1-3-4-9-7-10-5-6-11(9)8(2)12/h9-10H,3-7H2,1-2H3. The molecule has 1 unspecified atom stereocenters. The van der Waals surface area contributed by atoms with E-state index < -0.39 is 0 Å². The van der Waals surface area contributed by atoms with Crippen LogP contribution in [0.15, 0.2) is 0 Å². The topological polar surface area (TPSA) is 32.3 Å². The minimum atomic E-state index is 0.218. The van der Waals surface area contributed by atoms with Gasteiger partial charge in [-0.3, -0.25) is 4.79 Å². The molecular weight excluding hydrogens is 152 g/mol. The third kappa shape index (κ3) is 2.21. The molecule has 1 rings (SSSR count). The molecule has 1 N–H and O–H groups in total. The maximum absolute atomic E-state index is 11.2. The number of hydrogen-bond acceptors (Lipinski definition) is 2. The highest BCUT2D eigenvalue weighted by molar-refractivity contribution is 5.73. The van der Waals surface area contributed by atoms with E-state index in [-0.39, 0.29) is 5.91 Å². The van der Waals surface area contributed by atoms with E-state index in [1.165, 1.54) is 0 Å². The number of nitrogens with one attached hydrogen (secondary N) is 1. The molecule has 0 radical (unpaired) electrons. The quantitative estimate of drug-likeness (QED) is 0.658. The average Bonchev–Trinajstić information content (AvgIpc) is 2.05. The molecule has 1 fully saturated rings. The van der Waals surface area contributed by atoms with Crippen LogP contribution in [-0.4, -0.2) is 36.5 Å². The molecule has 70 valence electrons. The van der Waals surface area contributed by atoms with Gasteiger partial charge in [0.2, 0.25) is 5.91 Å². The Bertz CT molecular complexity index is 157. The van der Waals surface area contributed by atoms with E-state index in [1.54, 1.807) is 6.92 Å². The number of nitrogens with zero attached hydrogens (tertiary/aromatic N) is 1. The van der Waals surface area contributed by atoms with Gasteiger partial charge in [-0.25, -0.2) is 0 Å². The van der Waals surface area contributed by atoms with Gasteiger partial charge in [0.15, 0.2) is 0 Å². The predicted molar refractivity (Wildman–Crippen MR) is 49.0 cm³/mol. The van der Waals surface area contributed by atoms with E-state index in [4.69, 9.17) is 0 Å². The van der Waals surface area contributed by atoms with Crippen molar-refractivity contribution >= 4 is 5.91 Å². The Morgan fingerprint density at radius 3 is 3.00 bits per heavy atom. The highest BCUT2D eigenvalue weighted by atomic mass is 16.2. The van der Waals surface area contributed by atoms with Crippen molar-refractivity contribution in [1.29, 1.82) is 0 Å². The Labute approximate surface area is 74.1 Å². The molecule has 12 heavy (non-hydrogen) atoms. The number of carbonyl (C=O) groups excluding carboxylic acids is 1. The van der Waals surface area contributed by atoms with Gasteiger partial charge in [-0.05, 0) is 6.42 Å². The van der Waals surface area contributed by atoms with Gasteiger partial charge in [-0.15, -0.1) is 0 Å². The fourth-order valence-electron chi connectivity index (χ4n) is 1.77. The zero-order valence-corrected chi connectivity index (χ0v) is 7.97. The molecule has 3 heteroatoms. The van der Waals surface area contributed by atoms with Crippen LogP contribution >= 0.6 is 0 Å². The molecule has 1 aliphatic heterocycles. The molecule has 1 amide bonds. The summed E-state index contributed by atoms with van der Waals surface area (Å²) < 4.78 is 0. The molecule has 1 heterocycles. The molecule has 0 aromatic heterocycles. The van der Waals surface area contributed by atoms with Crippen LogP contribution in [-0.2, 0) is 4.79 Å². The van der Waals surface area contributed by atoms with Gasteiger partial charge < -0.3 is 10.2 Å². The third-order valence-electron chi connectivity index (χ3n) is 2.38. The number of rotatable bonds is 2. The Kier molecular flexibility index (Phi) is 3.53. The third-order valence-corrected chi connectivity index (χ3v) is 2.38. The lowest BCUT2D eigenvalue weighted by atomic mass is 10.1. The van der Waals surface area contributed by atoms with Gasteiger partial charge >= 0.3 is 0 Å².